The van der Waals surface area contributed by atoms with Crippen LogP contribution in [0.1, 0.15) is 22.8 Å². The summed E-state index contributed by atoms with van der Waals surface area (Å²) in [5.41, 5.74) is 2.16. The largest absolute Gasteiger partial charge is 0.497 e. The molecule has 0 aliphatic heterocycles. The highest BCUT2D eigenvalue weighted by Crippen LogP contribution is 2.18. The van der Waals surface area contributed by atoms with Crippen LogP contribution in [0.15, 0.2) is 30.4 Å². The van der Waals surface area contributed by atoms with Gasteiger partial charge in [0.1, 0.15) is 5.75 Å². The lowest BCUT2D eigenvalue weighted by atomic mass is 10.0. The second-order valence-corrected chi connectivity index (χ2v) is 3.29. The lowest BCUT2D eigenvalue weighted by Gasteiger charge is -2.06. The summed E-state index contributed by atoms with van der Waals surface area (Å²) < 4.78 is 5.06. The Hall–Kier alpha value is -1.57. The Bertz CT molecular complexity index is 378. The number of rotatable bonds is 3. The van der Waals surface area contributed by atoms with Crippen LogP contribution in [0.3, 0.4) is 0 Å². The summed E-state index contributed by atoms with van der Waals surface area (Å²) in [6.07, 6.45) is 0. The summed E-state index contributed by atoms with van der Waals surface area (Å²) >= 11 is 0. The van der Waals surface area contributed by atoms with Crippen LogP contribution in [0.2, 0.25) is 0 Å². The van der Waals surface area contributed by atoms with Crippen LogP contribution >= 0.6 is 0 Å². The molecule has 1 aromatic rings. The van der Waals surface area contributed by atoms with E-state index in [1.54, 1.807) is 26.2 Å². The Morgan fingerprint density at radius 3 is 2.50 bits per heavy atom. The molecule has 0 saturated heterocycles. The summed E-state index contributed by atoms with van der Waals surface area (Å²) in [6, 6.07) is 5.39. The van der Waals surface area contributed by atoms with Gasteiger partial charge < -0.3 is 4.74 Å². The molecular formula is C12H14O2. The fourth-order valence-electron chi connectivity index (χ4n) is 1.25. The van der Waals surface area contributed by atoms with Crippen LogP contribution in [-0.2, 0) is 0 Å². The molecule has 2 heteroatoms. The zero-order valence-electron chi connectivity index (χ0n) is 8.76. The molecule has 0 N–H and O–H groups in total. The lowest BCUT2D eigenvalue weighted by molar-refractivity contribution is 0.103. The van der Waals surface area contributed by atoms with E-state index in [1.807, 2.05) is 13.0 Å². The van der Waals surface area contributed by atoms with Crippen molar-refractivity contribution >= 4 is 5.78 Å². The van der Waals surface area contributed by atoms with E-state index in [-0.39, 0.29) is 5.78 Å². The van der Waals surface area contributed by atoms with Crippen LogP contribution in [0.25, 0.3) is 0 Å². The molecule has 0 amide bonds. The highest BCUT2D eigenvalue weighted by atomic mass is 16.5. The van der Waals surface area contributed by atoms with Crippen molar-refractivity contribution in [3.05, 3.63) is 41.5 Å². The minimum absolute atomic E-state index is 0.00912. The monoisotopic (exact) mass is 190 g/mol. The number of carbonyl (C=O) groups is 1. The van der Waals surface area contributed by atoms with Gasteiger partial charge in [0.25, 0.3) is 0 Å². The van der Waals surface area contributed by atoms with Gasteiger partial charge in [-0.05, 0) is 43.2 Å². The predicted molar refractivity (Wildman–Crippen MR) is 56.9 cm³/mol. The zero-order valence-corrected chi connectivity index (χ0v) is 8.76. The van der Waals surface area contributed by atoms with Crippen molar-refractivity contribution in [2.24, 2.45) is 0 Å². The number of ether oxygens (including phenoxy) is 1. The highest BCUT2D eigenvalue weighted by molar-refractivity contribution is 6.08. The van der Waals surface area contributed by atoms with Crippen LogP contribution in [0.4, 0.5) is 0 Å². The van der Waals surface area contributed by atoms with E-state index in [0.717, 1.165) is 11.3 Å². The van der Waals surface area contributed by atoms with Gasteiger partial charge >= 0.3 is 0 Å². The Morgan fingerprint density at radius 1 is 1.43 bits per heavy atom. The summed E-state index contributed by atoms with van der Waals surface area (Å²) in [5, 5.41) is 0. The first kappa shape index (κ1) is 10.5. The van der Waals surface area contributed by atoms with Crippen molar-refractivity contribution in [2.45, 2.75) is 13.8 Å². The lowest BCUT2D eigenvalue weighted by Crippen LogP contribution is -2.02. The number of allylic oxidation sites excluding steroid dienone is 1. The predicted octanol–water partition coefficient (Wildman–Crippen LogP) is 2.76. The van der Waals surface area contributed by atoms with Crippen molar-refractivity contribution in [2.75, 3.05) is 7.11 Å². The molecule has 0 saturated carbocycles. The molecule has 0 aliphatic rings. The molecule has 0 aromatic heterocycles. The smallest absolute Gasteiger partial charge is 0.188 e. The fourth-order valence-corrected chi connectivity index (χ4v) is 1.25. The van der Waals surface area contributed by atoms with Crippen molar-refractivity contribution in [1.82, 2.24) is 0 Å². The molecule has 74 valence electrons. The molecule has 2 nitrogen and oxygen atoms in total. The van der Waals surface area contributed by atoms with Gasteiger partial charge in [-0.1, -0.05) is 6.58 Å². The van der Waals surface area contributed by atoms with Gasteiger partial charge in [-0.15, -0.1) is 0 Å². The van der Waals surface area contributed by atoms with E-state index < -0.39 is 0 Å². The summed E-state index contributed by atoms with van der Waals surface area (Å²) in [5.74, 6) is 0.755. The zero-order chi connectivity index (χ0) is 10.7. The van der Waals surface area contributed by atoms with E-state index in [9.17, 15) is 4.79 Å². The minimum Gasteiger partial charge on any atom is -0.497 e. The third-order valence-corrected chi connectivity index (χ3v) is 2.07. The molecule has 0 radical (unpaired) electrons. The van der Waals surface area contributed by atoms with Gasteiger partial charge in [0.05, 0.1) is 7.11 Å². The Morgan fingerprint density at radius 2 is 2.07 bits per heavy atom. The Balaban J connectivity index is 3.12. The number of hydrogen-bond donors (Lipinski definition) is 0. The first-order valence-corrected chi connectivity index (χ1v) is 4.41. The van der Waals surface area contributed by atoms with Crippen LogP contribution in [-0.4, -0.2) is 12.9 Å². The summed E-state index contributed by atoms with van der Waals surface area (Å²) in [7, 11) is 1.61. The van der Waals surface area contributed by atoms with Gasteiger partial charge in [-0.3, -0.25) is 4.79 Å². The number of ketones is 1. The first-order valence-electron chi connectivity index (χ1n) is 4.41. The number of Topliss-reactive ketones (excluding diaryl/α,β-unsaturated/α-hetero) is 1. The molecule has 1 aromatic carbocycles. The Labute approximate surface area is 84.2 Å². The van der Waals surface area contributed by atoms with Gasteiger partial charge in [-0.2, -0.15) is 0 Å². The minimum atomic E-state index is -0.00912. The average Bonchev–Trinajstić information content (AvgIpc) is 2.16. The molecule has 0 spiro atoms. The van der Waals surface area contributed by atoms with Gasteiger partial charge in [0.2, 0.25) is 0 Å². The molecule has 0 fully saturated rings. The molecular weight excluding hydrogens is 176 g/mol. The van der Waals surface area contributed by atoms with E-state index in [2.05, 4.69) is 6.58 Å². The maximum absolute atomic E-state index is 11.6. The normalized spacial score (nSPS) is 9.64. The molecule has 0 aliphatic carbocycles. The average molecular weight is 190 g/mol. The van der Waals surface area contributed by atoms with Gasteiger partial charge in [0.15, 0.2) is 5.78 Å². The van der Waals surface area contributed by atoms with Crippen molar-refractivity contribution in [1.29, 1.82) is 0 Å². The van der Waals surface area contributed by atoms with Gasteiger partial charge in [-0.25, -0.2) is 0 Å². The Kier molecular flexibility index (Phi) is 3.07. The maximum Gasteiger partial charge on any atom is 0.188 e. The number of carbonyl (C=O) groups excluding carboxylic acids is 1. The standard InChI is InChI=1S/C12H14O2/c1-8(2)12(13)11-6-5-10(14-4)7-9(11)3/h5-7H,1H2,2-4H3. The van der Waals surface area contributed by atoms with Crippen molar-refractivity contribution in [3.63, 3.8) is 0 Å². The summed E-state index contributed by atoms with van der Waals surface area (Å²) in [6.45, 7) is 7.24. The number of hydrogen-bond acceptors (Lipinski definition) is 2. The number of benzene rings is 1. The van der Waals surface area contributed by atoms with E-state index in [4.69, 9.17) is 4.74 Å². The topological polar surface area (TPSA) is 26.3 Å². The molecule has 14 heavy (non-hydrogen) atoms. The first-order chi connectivity index (χ1) is 6.56. The van der Waals surface area contributed by atoms with Gasteiger partial charge in [0, 0.05) is 5.56 Å². The van der Waals surface area contributed by atoms with Crippen LogP contribution in [0.5, 0.6) is 5.75 Å². The van der Waals surface area contributed by atoms with Crippen molar-refractivity contribution in [3.8, 4) is 5.75 Å². The third-order valence-electron chi connectivity index (χ3n) is 2.07. The number of methoxy groups -OCH3 is 1. The SMILES string of the molecule is C=C(C)C(=O)c1ccc(OC)cc1C. The second-order valence-electron chi connectivity index (χ2n) is 3.29. The third kappa shape index (κ3) is 2.02. The molecule has 0 bridgehead atoms. The van der Waals surface area contributed by atoms with Crippen molar-refractivity contribution < 1.29 is 9.53 Å². The molecule has 1 rings (SSSR count). The summed E-state index contributed by atoms with van der Waals surface area (Å²) in [4.78, 5) is 11.6. The van der Waals surface area contributed by atoms with E-state index in [1.165, 1.54) is 0 Å². The highest BCUT2D eigenvalue weighted by Gasteiger charge is 2.09. The fraction of sp³-hybridized carbons (Fsp3) is 0.250. The van der Waals surface area contributed by atoms with E-state index >= 15 is 0 Å². The number of aryl methyl sites for hydroxylation is 1. The van der Waals surface area contributed by atoms with Crippen LogP contribution < -0.4 is 4.74 Å². The van der Waals surface area contributed by atoms with Crippen LogP contribution in [0, 0.1) is 6.92 Å². The second kappa shape index (κ2) is 4.09. The quantitative estimate of drug-likeness (QED) is 0.541. The molecule has 0 atom stereocenters. The molecule has 0 heterocycles. The van der Waals surface area contributed by atoms with E-state index in [0.29, 0.717) is 11.1 Å². The maximum atomic E-state index is 11.6. The molecule has 0 unspecified atom stereocenters.